The van der Waals surface area contributed by atoms with Crippen molar-refractivity contribution in [2.45, 2.75) is 239 Å². The lowest BCUT2D eigenvalue weighted by Gasteiger charge is -2.18. The summed E-state index contributed by atoms with van der Waals surface area (Å²) in [7, 11) is 0. The van der Waals surface area contributed by atoms with E-state index >= 15 is 0 Å². The smallest absolute Gasteiger partial charge is 0.306 e. The van der Waals surface area contributed by atoms with Gasteiger partial charge in [-0.2, -0.15) is 0 Å². The van der Waals surface area contributed by atoms with Crippen LogP contribution in [0.1, 0.15) is 233 Å². The summed E-state index contributed by atoms with van der Waals surface area (Å²) >= 11 is 0. The van der Waals surface area contributed by atoms with Crippen LogP contribution in [0.3, 0.4) is 0 Å². The molecule has 0 fully saturated rings. The average molecular weight is 863 g/mol. The van der Waals surface area contributed by atoms with Gasteiger partial charge in [0.2, 0.25) is 0 Å². The topological polar surface area (TPSA) is 78.9 Å². The highest BCUT2D eigenvalue weighted by Gasteiger charge is 2.19. The Morgan fingerprint density at radius 1 is 0.339 bits per heavy atom. The van der Waals surface area contributed by atoms with Gasteiger partial charge in [0.05, 0.1) is 0 Å². The molecule has 6 nitrogen and oxygen atoms in total. The lowest BCUT2D eigenvalue weighted by Crippen LogP contribution is -2.30. The van der Waals surface area contributed by atoms with Gasteiger partial charge in [-0.05, 0) is 89.9 Å². The lowest BCUT2D eigenvalue weighted by atomic mass is 10.1. The first kappa shape index (κ1) is 58.6. The van der Waals surface area contributed by atoms with Crippen LogP contribution in [0.5, 0.6) is 0 Å². The number of allylic oxidation sites excluding steroid dienone is 14. The molecule has 0 radical (unpaired) electrons. The van der Waals surface area contributed by atoms with E-state index < -0.39 is 6.10 Å². The van der Waals surface area contributed by atoms with Gasteiger partial charge >= 0.3 is 17.9 Å². The van der Waals surface area contributed by atoms with Crippen LogP contribution >= 0.6 is 0 Å². The van der Waals surface area contributed by atoms with Gasteiger partial charge in [-0.25, -0.2) is 0 Å². The SMILES string of the molecule is CC/C=C\C/C=C\C/C=C\C/C=C\CCCCCCCCCCC(=O)OCC(COC(=O)CCCCCCCCCC)OC(=O)CCCCCCC/C=C\C/C=C\C/C=C\CC. The number of hydrogen-bond donors (Lipinski definition) is 0. The Kier molecular flexibility index (Phi) is 47.5. The number of carbonyl (C=O) groups is 3. The van der Waals surface area contributed by atoms with Gasteiger partial charge in [-0.15, -0.1) is 0 Å². The van der Waals surface area contributed by atoms with E-state index in [2.05, 4.69) is 106 Å². The van der Waals surface area contributed by atoms with Gasteiger partial charge in [0, 0.05) is 19.3 Å². The highest BCUT2D eigenvalue weighted by molar-refractivity contribution is 5.71. The van der Waals surface area contributed by atoms with Crippen LogP contribution in [0.4, 0.5) is 0 Å². The molecule has 0 aromatic rings. The standard InChI is InChI=1S/C56H94O6/c1-4-7-10-13-16-19-21-23-25-26-27-28-29-30-32-33-35-37-40-43-46-49-55(58)61-52-53(51-60-54(57)48-45-42-39-18-15-12-9-6-3)62-56(59)50-47-44-41-38-36-34-31-24-22-20-17-14-11-8-5-2/h7-8,10-11,16-17,19-20,23-25,27-28,31,53H,4-6,9,12-15,18,21-22,26,29-30,32-52H2,1-3H3/b10-7-,11-8-,19-16-,20-17-,25-23-,28-27-,31-24-. The Morgan fingerprint density at radius 3 is 0.984 bits per heavy atom. The van der Waals surface area contributed by atoms with Crippen molar-refractivity contribution in [1.29, 1.82) is 0 Å². The Labute approximate surface area is 382 Å². The van der Waals surface area contributed by atoms with Crippen molar-refractivity contribution in [1.82, 2.24) is 0 Å². The van der Waals surface area contributed by atoms with Crippen molar-refractivity contribution in [2.24, 2.45) is 0 Å². The molecular formula is C56H94O6. The highest BCUT2D eigenvalue weighted by Crippen LogP contribution is 2.14. The summed E-state index contributed by atoms with van der Waals surface area (Å²) in [5.74, 6) is -0.917. The van der Waals surface area contributed by atoms with E-state index in [9.17, 15) is 14.4 Å². The molecule has 0 aromatic carbocycles. The minimum atomic E-state index is -0.786. The summed E-state index contributed by atoms with van der Waals surface area (Å²) in [4.78, 5) is 37.8. The normalized spacial score (nSPS) is 12.8. The summed E-state index contributed by atoms with van der Waals surface area (Å²) in [6, 6.07) is 0. The Hall–Kier alpha value is -3.41. The van der Waals surface area contributed by atoms with Crippen LogP contribution in [-0.2, 0) is 28.6 Å². The van der Waals surface area contributed by atoms with Crippen LogP contribution < -0.4 is 0 Å². The summed E-state index contributed by atoms with van der Waals surface area (Å²) in [6.45, 7) is 6.36. The molecule has 62 heavy (non-hydrogen) atoms. The number of hydrogen-bond acceptors (Lipinski definition) is 6. The maximum Gasteiger partial charge on any atom is 0.306 e. The van der Waals surface area contributed by atoms with Crippen LogP contribution in [0.15, 0.2) is 85.1 Å². The fourth-order valence-corrected chi connectivity index (χ4v) is 6.86. The number of rotatable bonds is 45. The maximum absolute atomic E-state index is 12.8. The molecule has 0 rings (SSSR count). The van der Waals surface area contributed by atoms with Crippen LogP contribution in [0.2, 0.25) is 0 Å². The van der Waals surface area contributed by atoms with Gasteiger partial charge in [-0.1, -0.05) is 209 Å². The maximum atomic E-state index is 12.8. The lowest BCUT2D eigenvalue weighted by molar-refractivity contribution is -0.167. The summed E-state index contributed by atoms with van der Waals surface area (Å²) in [6.07, 6.45) is 64.3. The van der Waals surface area contributed by atoms with Crippen molar-refractivity contribution >= 4 is 17.9 Å². The van der Waals surface area contributed by atoms with E-state index in [1.54, 1.807) is 0 Å². The molecule has 0 aliphatic rings. The molecule has 0 N–H and O–H groups in total. The summed E-state index contributed by atoms with van der Waals surface area (Å²) in [5.41, 5.74) is 0. The van der Waals surface area contributed by atoms with Crippen molar-refractivity contribution in [3.05, 3.63) is 85.1 Å². The Bertz CT molecular complexity index is 1220. The molecule has 0 spiro atoms. The third kappa shape index (κ3) is 47.6. The molecule has 0 aliphatic heterocycles. The van der Waals surface area contributed by atoms with E-state index in [0.29, 0.717) is 19.3 Å². The van der Waals surface area contributed by atoms with Crippen molar-refractivity contribution in [3.63, 3.8) is 0 Å². The molecule has 0 amide bonds. The quantitative estimate of drug-likeness (QED) is 0.0263. The second-order valence-corrected chi connectivity index (χ2v) is 16.7. The molecule has 6 heteroatoms. The molecule has 0 saturated heterocycles. The largest absolute Gasteiger partial charge is 0.462 e. The minimum Gasteiger partial charge on any atom is -0.462 e. The second kappa shape index (κ2) is 50.2. The predicted molar refractivity (Wildman–Crippen MR) is 265 cm³/mol. The summed E-state index contributed by atoms with van der Waals surface area (Å²) in [5, 5.41) is 0. The molecular weight excluding hydrogens is 769 g/mol. The average Bonchev–Trinajstić information content (AvgIpc) is 3.27. The first-order valence-corrected chi connectivity index (χ1v) is 25.6. The van der Waals surface area contributed by atoms with E-state index in [1.165, 1.54) is 64.2 Å². The van der Waals surface area contributed by atoms with Gasteiger partial charge in [0.1, 0.15) is 13.2 Å². The molecule has 1 unspecified atom stereocenters. The zero-order valence-electron chi connectivity index (χ0n) is 40.4. The molecule has 0 saturated carbocycles. The number of carbonyl (C=O) groups excluding carboxylic acids is 3. The molecule has 0 bridgehead atoms. The molecule has 1 atom stereocenters. The fourth-order valence-electron chi connectivity index (χ4n) is 6.86. The Balaban J connectivity index is 4.31. The third-order valence-electron chi connectivity index (χ3n) is 10.6. The first-order valence-electron chi connectivity index (χ1n) is 25.6. The predicted octanol–water partition coefficient (Wildman–Crippen LogP) is 16.8. The minimum absolute atomic E-state index is 0.0858. The molecule has 354 valence electrons. The molecule has 0 aliphatic carbocycles. The van der Waals surface area contributed by atoms with Crippen LogP contribution in [-0.4, -0.2) is 37.2 Å². The number of unbranched alkanes of at least 4 members (excludes halogenated alkanes) is 20. The van der Waals surface area contributed by atoms with E-state index in [0.717, 1.165) is 128 Å². The van der Waals surface area contributed by atoms with Crippen molar-refractivity contribution in [2.75, 3.05) is 13.2 Å². The molecule has 0 heterocycles. The molecule has 0 aromatic heterocycles. The fraction of sp³-hybridized carbons (Fsp3) is 0.696. The van der Waals surface area contributed by atoms with Crippen molar-refractivity contribution < 1.29 is 28.6 Å². The number of esters is 3. The van der Waals surface area contributed by atoms with Gasteiger partial charge in [0.15, 0.2) is 6.10 Å². The van der Waals surface area contributed by atoms with E-state index in [4.69, 9.17) is 14.2 Å². The van der Waals surface area contributed by atoms with Gasteiger partial charge in [-0.3, -0.25) is 14.4 Å². The zero-order valence-corrected chi connectivity index (χ0v) is 40.4. The highest BCUT2D eigenvalue weighted by atomic mass is 16.6. The monoisotopic (exact) mass is 863 g/mol. The summed E-state index contributed by atoms with van der Waals surface area (Å²) < 4.78 is 16.7. The van der Waals surface area contributed by atoms with Crippen LogP contribution in [0.25, 0.3) is 0 Å². The zero-order chi connectivity index (χ0) is 45.1. The van der Waals surface area contributed by atoms with Crippen molar-refractivity contribution in [3.8, 4) is 0 Å². The number of ether oxygens (including phenoxy) is 3. The third-order valence-corrected chi connectivity index (χ3v) is 10.6. The van der Waals surface area contributed by atoms with E-state index in [1.807, 2.05) is 0 Å². The van der Waals surface area contributed by atoms with Gasteiger partial charge in [0.25, 0.3) is 0 Å². The van der Waals surface area contributed by atoms with Crippen LogP contribution in [0, 0.1) is 0 Å². The van der Waals surface area contributed by atoms with Gasteiger partial charge < -0.3 is 14.2 Å². The first-order chi connectivity index (χ1) is 30.5. The van der Waals surface area contributed by atoms with E-state index in [-0.39, 0.29) is 31.1 Å². The Morgan fingerprint density at radius 2 is 0.629 bits per heavy atom. The second-order valence-electron chi connectivity index (χ2n) is 16.7.